The molecular weight excluding hydrogens is 258 g/mol. The van der Waals surface area contributed by atoms with E-state index in [1.165, 1.54) is 84.3 Å². The van der Waals surface area contributed by atoms with Crippen LogP contribution in [0.25, 0.3) is 0 Å². The van der Waals surface area contributed by atoms with Crippen LogP contribution in [-0.2, 0) is 0 Å². The molecule has 0 aromatic rings. The first-order valence-electron chi connectivity index (χ1n) is 9.30. The van der Waals surface area contributed by atoms with Gasteiger partial charge in [-0.2, -0.15) is 0 Å². The van der Waals surface area contributed by atoms with Crippen molar-refractivity contribution in [3.8, 4) is 0 Å². The van der Waals surface area contributed by atoms with E-state index >= 15 is 0 Å². The molecule has 2 saturated heterocycles. The van der Waals surface area contributed by atoms with Crippen molar-refractivity contribution in [2.75, 3.05) is 52.9 Å². The molecule has 0 radical (unpaired) electrons. The molecule has 1 unspecified atom stereocenters. The van der Waals surface area contributed by atoms with Crippen molar-refractivity contribution in [1.29, 1.82) is 0 Å². The van der Waals surface area contributed by atoms with Crippen LogP contribution >= 0.6 is 0 Å². The van der Waals surface area contributed by atoms with Crippen LogP contribution in [0.3, 0.4) is 0 Å². The summed E-state index contributed by atoms with van der Waals surface area (Å²) in [5.41, 5.74) is 0. The molecule has 2 aliphatic heterocycles. The predicted octanol–water partition coefficient (Wildman–Crippen LogP) is 2.91. The molecule has 2 heterocycles. The third-order valence-corrected chi connectivity index (χ3v) is 5.26. The largest absolute Gasteiger partial charge is 0.304 e. The molecule has 2 fully saturated rings. The third-order valence-electron chi connectivity index (χ3n) is 5.26. The number of piperazine rings is 1. The molecule has 0 aliphatic carbocycles. The van der Waals surface area contributed by atoms with Gasteiger partial charge < -0.3 is 14.7 Å². The van der Waals surface area contributed by atoms with Crippen LogP contribution in [0.15, 0.2) is 0 Å². The Morgan fingerprint density at radius 2 is 1.62 bits per heavy atom. The molecule has 124 valence electrons. The smallest absolute Gasteiger partial charge is 0.0110 e. The van der Waals surface area contributed by atoms with Gasteiger partial charge in [-0.3, -0.25) is 0 Å². The van der Waals surface area contributed by atoms with Gasteiger partial charge in [-0.25, -0.2) is 0 Å². The highest BCUT2D eigenvalue weighted by molar-refractivity contribution is 4.79. The van der Waals surface area contributed by atoms with Gasteiger partial charge in [0, 0.05) is 32.2 Å². The normalized spacial score (nSPS) is 26.0. The van der Waals surface area contributed by atoms with Crippen molar-refractivity contribution >= 4 is 0 Å². The van der Waals surface area contributed by atoms with Crippen molar-refractivity contribution in [1.82, 2.24) is 14.7 Å². The Labute approximate surface area is 132 Å². The summed E-state index contributed by atoms with van der Waals surface area (Å²) < 4.78 is 0. The summed E-state index contributed by atoms with van der Waals surface area (Å²) in [5, 5.41) is 0. The van der Waals surface area contributed by atoms with E-state index in [0.29, 0.717) is 0 Å². The Balaban J connectivity index is 1.51. The minimum atomic E-state index is 0.854. The Bertz CT molecular complexity index is 272. The SMILES string of the molecule is CC(C)CC1CCCN1CCCCCN1CCN(C)CC1. The number of hydrogen-bond donors (Lipinski definition) is 0. The summed E-state index contributed by atoms with van der Waals surface area (Å²) in [6, 6.07) is 0.891. The number of hydrogen-bond acceptors (Lipinski definition) is 3. The molecule has 2 rings (SSSR count). The first kappa shape index (κ1) is 17.2. The lowest BCUT2D eigenvalue weighted by molar-refractivity contribution is 0.151. The summed E-state index contributed by atoms with van der Waals surface area (Å²) in [5.74, 6) is 0.854. The van der Waals surface area contributed by atoms with Crippen molar-refractivity contribution in [3.63, 3.8) is 0 Å². The van der Waals surface area contributed by atoms with Crippen molar-refractivity contribution in [2.24, 2.45) is 5.92 Å². The van der Waals surface area contributed by atoms with Gasteiger partial charge in [0.25, 0.3) is 0 Å². The second kappa shape index (κ2) is 9.12. The van der Waals surface area contributed by atoms with E-state index in [0.717, 1.165) is 12.0 Å². The van der Waals surface area contributed by atoms with Gasteiger partial charge in [-0.05, 0) is 64.7 Å². The minimum Gasteiger partial charge on any atom is -0.304 e. The van der Waals surface area contributed by atoms with E-state index in [1.807, 2.05) is 0 Å². The summed E-state index contributed by atoms with van der Waals surface area (Å²) in [7, 11) is 2.24. The number of nitrogens with zero attached hydrogens (tertiary/aromatic N) is 3. The van der Waals surface area contributed by atoms with Gasteiger partial charge in [-0.1, -0.05) is 20.3 Å². The van der Waals surface area contributed by atoms with Crippen LogP contribution in [-0.4, -0.2) is 73.6 Å². The van der Waals surface area contributed by atoms with Crippen molar-refractivity contribution in [2.45, 2.75) is 58.4 Å². The van der Waals surface area contributed by atoms with Gasteiger partial charge in [0.15, 0.2) is 0 Å². The monoisotopic (exact) mass is 295 g/mol. The van der Waals surface area contributed by atoms with Gasteiger partial charge >= 0.3 is 0 Å². The molecule has 2 aliphatic rings. The van der Waals surface area contributed by atoms with Crippen molar-refractivity contribution in [3.05, 3.63) is 0 Å². The molecule has 21 heavy (non-hydrogen) atoms. The molecule has 1 atom stereocenters. The van der Waals surface area contributed by atoms with Gasteiger partial charge in [0.05, 0.1) is 0 Å². The minimum absolute atomic E-state index is 0.854. The lowest BCUT2D eigenvalue weighted by atomic mass is 10.0. The quantitative estimate of drug-likeness (QED) is 0.638. The van der Waals surface area contributed by atoms with Gasteiger partial charge in [-0.15, -0.1) is 0 Å². The second-order valence-corrected chi connectivity index (χ2v) is 7.67. The maximum Gasteiger partial charge on any atom is 0.0110 e. The van der Waals surface area contributed by atoms with Crippen LogP contribution in [0.2, 0.25) is 0 Å². The lowest BCUT2D eigenvalue weighted by Crippen LogP contribution is -2.44. The Kier molecular flexibility index (Phi) is 7.48. The highest BCUT2D eigenvalue weighted by Crippen LogP contribution is 2.23. The number of likely N-dealkylation sites (N-methyl/N-ethyl adjacent to an activating group) is 1. The maximum atomic E-state index is 2.77. The molecule has 0 saturated carbocycles. The van der Waals surface area contributed by atoms with Crippen LogP contribution in [0.4, 0.5) is 0 Å². The number of unbranched alkanes of at least 4 members (excludes halogenated alkanes) is 2. The fourth-order valence-corrected chi connectivity index (χ4v) is 3.90. The van der Waals surface area contributed by atoms with E-state index in [9.17, 15) is 0 Å². The molecule has 0 aromatic heterocycles. The molecule has 0 spiro atoms. The van der Waals surface area contributed by atoms with E-state index < -0.39 is 0 Å². The van der Waals surface area contributed by atoms with Crippen LogP contribution < -0.4 is 0 Å². The maximum absolute atomic E-state index is 2.77. The average Bonchev–Trinajstić information content (AvgIpc) is 2.87. The summed E-state index contributed by atoms with van der Waals surface area (Å²) in [6.07, 6.45) is 8.49. The summed E-state index contributed by atoms with van der Waals surface area (Å²) >= 11 is 0. The fourth-order valence-electron chi connectivity index (χ4n) is 3.90. The molecule has 0 N–H and O–H groups in total. The first-order valence-corrected chi connectivity index (χ1v) is 9.30. The number of likely N-dealkylation sites (tertiary alicyclic amines) is 1. The first-order chi connectivity index (χ1) is 10.1. The topological polar surface area (TPSA) is 9.72 Å². The van der Waals surface area contributed by atoms with Gasteiger partial charge in [0.1, 0.15) is 0 Å². The van der Waals surface area contributed by atoms with E-state index in [-0.39, 0.29) is 0 Å². The zero-order chi connectivity index (χ0) is 15.1. The van der Waals surface area contributed by atoms with E-state index in [4.69, 9.17) is 0 Å². The van der Waals surface area contributed by atoms with Crippen LogP contribution in [0.5, 0.6) is 0 Å². The summed E-state index contributed by atoms with van der Waals surface area (Å²) in [4.78, 5) is 7.87. The van der Waals surface area contributed by atoms with Crippen LogP contribution in [0, 0.1) is 5.92 Å². The Hall–Kier alpha value is -0.120. The standard InChI is InChI=1S/C18H37N3/c1-17(2)16-18-8-7-11-21(18)10-6-4-5-9-20-14-12-19(3)13-15-20/h17-18H,4-16H2,1-3H3. The van der Waals surface area contributed by atoms with E-state index in [2.05, 4.69) is 35.6 Å². The van der Waals surface area contributed by atoms with E-state index in [1.54, 1.807) is 0 Å². The average molecular weight is 296 g/mol. The molecule has 0 aromatic carbocycles. The third kappa shape index (κ3) is 6.25. The molecule has 3 nitrogen and oxygen atoms in total. The highest BCUT2D eigenvalue weighted by atomic mass is 15.2. The number of rotatable bonds is 8. The second-order valence-electron chi connectivity index (χ2n) is 7.67. The highest BCUT2D eigenvalue weighted by Gasteiger charge is 2.24. The molecular formula is C18H37N3. The zero-order valence-electron chi connectivity index (χ0n) is 14.7. The zero-order valence-corrected chi connectivity index (χ0v) is 14.7. The van der Waals surface area contributed by atoms with Gasteiger partial charge in [0.2, 0.25) is 0 Å². The fraction of sp³-hybridized carbons (Fsp3) is 1.00. The Morgan fingerprint density at radius 1 is 0.905 bits per heavy atom. The predicted molar refractivity (Wildman–Crippen MR) is 91.8 cm³/mol. The lowest BCUT2D eigenvalue weighted by Gasteiger charge is -2.32. The van der Waals surface area contributed by atoms with Crippen molar-refractivity contribution < 1.29 is 0 Å². The van der Waals surface area contributed by atoms with Crippen LogP contribution in [0.1, 0.15) is 52.4 Å². The molecule has 3 heteroatoms. The Morgan fingerprint density at radius 3 is 2.33 bits per heavy atom. The molecule has 0 bridgehead atoms. The molecule has 0 amide bonds. The summed E-state index contributed by atoms with van der Waals surface area (Å²) in [6.45, 7) is 13.8.